The Kier molecular flexibility index (Phi) is 5.76. The molecule has 1 aliphatic heterocycles. The molecule has 156 valence electrons. The molecule has 2 aromatic rings. The number of anilines is 1. The van der Waals surface area contributed by atoms with Gasteiger partial charge in [0.05, 0.1) is 17.5 Å². The smallest absolute Gasteiger partial charge is 0.276 e. The minimum atomic E-state index is -3.00. The summed E-state index contributed by atoms with van der Waals surface area (Å²) in [6.45, 7) is 2.18. The number of sulfone groups is 1. The molecule has 2 heterocycles. The highest BCUT2D eigenvalue weighted by Crippen LogP contribution is 2.31. The van der Waals surface area contributed by atoms with Gasteiger partial charge in [0.2, 0.25) is 0 Å². The predicted molar refractivity (Wildman–Crippen MR) is 114 cm³/mol. The lowest BCUT2D eigenvalue weighted by atomic mass is 9.95. The van der Waals surface area contributed by atoms with E-state index in [1.54, 1.807) is 0 Å². The zero-order valence-electron chi connectivity index (χ0n) is 17.0. The van der Waals surface area contributed by atoms with Crippen molar-refractivity contribution < 1.29 is 13.2 Å². The molecule has 0 bridgehead atoms. The van der Waals surface area contributed by atoms with Crippen molar-refractivity contribution in [3.63, 3.8) is 0 Å². The largest absolute Gasteiger partial charge is 0.321 e. The summed E-state index contributed by atoms with van der Waals surface area (Å²) >= 11 is 0. The highest BCUT2D eigenvalue weighted by Gasteiger charge is 2.34. The quantitative estimate of drug-likeness (QED) is 0.780. The Morgan fingerprint density at radius 2 is 1.97 bits per heavy atom. The minimum absolute atomic E-state index is 0.126. The van der Waals surface area contributed by atoms with Crippen LogP contribution in [0.4, 0.5) is 5.69 Å². The first-order valence-corrected chi connectivity index (χ1v) is 12.5. The van der Waals surface area contributed by atoms with Gasteiger partial charge in [-0.3, -0.25) is 9.48 Å². The van der Waals surface area contributed by atoms with E-state index in [1.807, 2.05) is 16.8 Å². The number of unbranched alkanes of at least 4 members (excludes halogenated alkanes) is 1. The lowest BCUT2D eigenvalue weighted by Crippen LogP contribution is -2.17. The Bertz CT molecular complexity index is 993. The van der Waals surface area contributed by atoms with Gasteiger partial charge in [-0.1, -0.05) is 25.5 Å². The van der Waals surface area contributed by atoms with E-state index in [0.29, 0.717) is 12.1 Å². The molecule has 0 spiro atoms. The highest BCUT2D eigenvalue weighted by molar-refractivity contribution is 7.91. The van der Waals surface area contributed by atoms with Crippen molar-refractivity contribution in [3.05, 3.63) is 46.8 Å². The fourth-order valence-corrected chi connectivity index (χ4v) is 6.10. The number of fused-ring (bicyclic) bond motifs is 1. The molecule has 1 aliphatic carbocycles. The SMILES string of the molecule is CCCCc1ccc(NC(=O)c2nn([C@@H]3CCS(=O)(=O)C3)c3c2CCCC3)cc1. The molecule has 1 aromatic carbocycles. The Morgan fingerprint density at radius 1 is 1.21 bits per heavy atom. The first kappa shape index (κ1) is 20.1. The van der Waals surface area contributed by atoms with Crippen LogP contribution in [0.3, 0.4) is 0 Å². The summed E-state index contributed by atoms with van der Waals surface area (Å²) < 4.78 is 25.7. The van der Waals surface area contributed by atoms with Crippen LogP contribution in [-0.4, -0.2) is 35.6 Å². The topological polar surface area (TPSA) is 81.1 Å². The summed E-state index contributed by atoms with van der Waals surface area (Å²) in [5.41, 5.74) is 4.54. The first-order valence-electron chi connectivity index (χ1n) is 10.7. The molecule has 7 heteroatoms. The van der Waals surface area contributed by atoms with Gasteiger partial charge in [0.15, 0.2) is 15.5 Å². The molecule has 1 atom stereocenters. The third-order valence-electron chi connectivity index (χ3n) is 6.01. The maximum atomic E-state index is 13.0. The molecule has 0 radical (unpaired) electrons. The molecule has 1 aromatic heterocycles. The summed E-state index contributed by atoms with van der Waals surface area (Å²) in [5.74, 6) is 0.128. The monoisotopic (exact) mass is 415 g/mol. The van der Waals surface area contributed by atoms with Gasteiger partial charge in [-0.05, 0) is 62.6 Å². The van der Waals surface area contributed by atoms with Gasteiger partial charge in [0.25, 0.3) is 5.91 Å². The van der Waals surface area contributed by atoms with Crippen molar-refractivity contribution >= 4 is 21.4 Å². The van der Waals surface area contributed by atoms with E-state index < -0.39 is 9.84 Å². The van der Waals surface area contributed by atoms with Crippen LogP contribution in [0.25, 0.3) is 0 Å². The number of aromatic nitrogens is 2. The third-order valence-corrected chi connectivity index (χ3v) is 7.76. The number of nitrogens with zero attached hydrogens (tertiary/aromatic N) is 2. The van der Waals surface area contributed by atoms with E-state index in [0.717, 1.165) is 61.9 Å². The van der Waals surface area contributed by atoms with Gasteiger partial charge in [-0.25, -0.2) is 8.42 Å². The van der Waals surface area contributed by atoms with E-state index in [-0.39, 0.29) is 23.5 Å². The first-order chi connectivity index (χ1) is 14.0. The van der Waals surface area contributed by atoms with Crippen molar-refractivity contribution in [3.8, 4) is 0 Å². The van der Waals surface area contributed by atoms with Gasteiger partial charge >= 0.3 is 0 Å². The summed E-state index contributed by atoms with van der Waals surface area (Å²) in [6, 6.07) is 7.85. The predicted octanol–water partition coefficient (Wildman–Crippen LogP) is 3.72. The molecular weight excluding hydrogens is 386 g/mol. The molecular formula is C22H29N3O3S. The van der Waals surface area contributed by atoms with E-state index in [4.69, 9.17) is 0 Å². The maximum Gasteiger partial charge on any atom is 0.276 e. The van der Waals surface area contributed by atoms with Gasteiger partial charge in [-0.2, -0.15) is 5.10 Å². The van der Waals surface area contributed by atoms with Crippen LogP contribution in [0.2, 0.25) is 0 Å². The Labute approximate surface area is 172 Å². The van der Waals surface area contributed by atoms with Crippen molar-refractivity contribution in [2.24, 2.45) is 0 Å². The zero-order chi connectivity index (χ0) is 20.4. The van der Waals surface area contributed by atoms with Gasteiger partial charge in [0.1, 0.15) is 0 Å². The molecule has 1 fully saturated rings. The van der Waals surface area contributed by atoms with E-state index in [2.05, 4.69) is 29.5 Å². The van der Waals surface area contributed by atoms with E-state index in [9.17, 15) is 13.2 Å². The van der Waals surface area contributed by atoms with E-state index in [1.165, 1.54) is 5.56 Å². The molecule has 1 amide bonds. The van der Waals surface area contributed by atoms with Gasteiger partial charge in [0, 0.05) is 16.9 Å². The Morgan fingerprint density at radius 3 is 2.66 bits per heavy atom. The average Bonchev–Trinajstić information content (AvgIpc) is 3.27. The van der Waals surface area contributed by atoms with Crippen molar-refractivity contribution in [2.45, 2.75) is 64.3 Å². The van der Waals surface area contributed by atoms with Crippen molar-refractivity contribution in [1.82, 2.24) is 9.78 Å². The van der Waals surface area contributed by atoms with Crippen LogP contribution in [0, 0.1) is 0 Å². The lowest BCUT2D eigenvalue weighted by Gasteiger charge is -2.17. The van der Waals surface area contributed by atoms with Crippen LogP contribution in [0.1, 0.15) is 72.4 Å². The molecule has 6 nitrogen and oxygen atoms in total. The van der Waals surface area contributed by atoms with E-state index >= 15 is 0 Å². The van der Waals surface area contributed by atoms with Crippen LogP contribution in [0.5, 0.6) is 0 Å². The number of aryl methyl sites for hydroxylation is 1. The summed E-state index contributed by atoms with van der Waals surface area (Å²) in [6.07, 6.45) is 7.72. The molecule has 0 unspecified atom stereocenters. The number of carbonyl (C=O) groups excluding carboxylic acids is 1. The fraction of sp³-hybridized carbons (Fsp3) is 0.545. The number of hydrogen-bond donors (Lipinski definition) is 1. The average molecular weight is 416 g/mol. The number of rotatable bonds is 6. The number of carbonyl (C=O) groups is 1. The standard InChI is InChI=1S/C22H29N3O3S/c1-2-3-6-16-9-11-17(12-10-16)23-22(26)21-19-7-4-5-8-20(19)25(24-21)18-13-14-29(27,28)15-18/h9-12,18H,2-8,13-15H2,1H3,(H,23,26)/t18-/m1/s1. The van der Waals surface area contributed by atoms with Crippen molar-refractivity contribution in [1.29, 1.82) is 0 Å². The van der Waals surface area contributed by atoms with Crippen LogP contribution in [0.15, 0.2) is 24.3 Å². The van der Waals surface area contributed by atoms with Crippen LogP contribution >= 0.6 is 0 Å². The fourth-order valence-electron chi connectivity index (χ4n) is 4.40. The summed E-state index contributed by atoms with van der Waals surface area (Å²) in [5, 5.41) is 7.61. The van der Waals surface area contributed by atoms with Gasteiger partial charge < -0.3 is 5.32 Å². The minimum Gasteiger partial charge on any atom is -0.321 e. The molecule has 4 rings (SSSR count). The number of benzene rings is 1. The maximum absolute atomic E-state index is 13.0. The van der Waals surface area contributed by atoms with Crippen molar-refractivity contribution in [2.75, 3.05) is 16.8 Å². The molecule has 2 aliphatic rings. The lowest BCUT2D eigenvalue weighted by molar-refractivity contribution is 0.102. The molecule has 1 N–H and O–H groups in total. The molecule has 0 saturated carbocycles. The van der Waals surface area contributed by atoms with Gasteiger partial charge in [-0.15, -0.1) is 0 Å². The third kappa shape index (κ3) is 4.39. The number of amides is 1. The normalized spacial score (nSPS) is 20.4. The highest BCUT2D eigenvalue weighted by atomic mass is 32.2. The summed E-state index contributed by atoms with van der Waals surface area (Å²) in [7, 11) is -3.00. The summed E-state index contributed by atoms with van der Waals surface area (Å²) in [4.78, 5) is 13.0. The Balaban J connectivity index is 1.55. The number of nitrogens with one attached hydrogen (secondary N) is 1. The van der Waals surface area contributed by atoms with Crippen LogP contribution < -0.4 is 5.32 Å². The van der Waals surface area contributed by atoms with Crippen LogP contribution in [-0.2, 0) is 29.1 Å². The zero-order valence-corrected chi connectivity index (χ0v) is 17.8. The molecule has 29 heavy (non-hydrogen) atoms. The Hall–Kier alpha value is -2.15. The second kappa shape index (κ2) is 8.30. The number of hydrogen-bond acceptors (Lipinski definition) is 4. The second-order valence-electron chi connectivity index (χ2n) is 8.24. The molecule has 1 saturated heterocycles. The second-order valence-corrected chi connectivity index (χ2v) is 10.5.